The minimum absolute atomic E-state index is 0.142. The summed E-state index contributed by atoms with van der Waals surface area (Å²) in [5.41, 5.74) is 2.43. The van der Waals surface area contributed by atoms with E-state index in [0.29, 0.717) is 30.3 Å². The van der Waals surface area contributed by atoms with Crippen LogP contribution in [0.15, 0.2) is 42.6 Å². The minimum Gasteiger partial charge on any atom is -0.486 e. The van der Waals surface area contributed by atoms with Crippen LogP contribution in [0.5, 0.6) is 11.5 Å². The molecule has 132 valence electrons. The molecule has 6 nitrogen and oxygen atoms in total. The zero-order chi connectivity index (χ0) is 17.9. The highest BCUT2D eigenvalue weighted by Crippen LogP contribution is 2.31. The number of amides is 1. The topological polar surface area (TPSA) is 73.3 Å². The Morgan fingerprint density at radius 3 is 2.85 bits per heavy atom. The van der Waals surface area contributed by atoms with Gasteiger partial charge in [0.05, 0.1) is 11.4 Å². The smallest absolute Gasteiger partial charge is 0.263 e. The highest BCUT2D eigenvalue weighted by Gasteiger charge is 2.17. The van der Waals surface area contributed by atoms with E-state index in [1.54, 1.807) is 6.20 Å². The lowest BCUT2D eigenvalue weighted by Crippen LogP contribution is -2.23. The van der Waals surface area contributed by atoms with Crippen LogP contribution in [0, 0.1) is 6.92 Å². The van der Waals surface area contributed by atoms with Crippen LogP contribution in [-0.4, -0.2) is 29.1 Å². The Morgan fingerprint density at radius 2 is 2.04 bits per heavy atom. The summed E-state index contributed by atoms with van der Waals surface area (Å²) in [7, 11) is 0. The number of thiazole rings is 1. The highest BCUT2D eigenvalue weighted by atomic mass is 32.1. The quantitative estimate of drug-likeness (QED) is 0.766. The molecule has 26 heavy (non-hydrogen) atoms. The molecule has 4 rings (SSSR count). The third-order valence-electron chi connectivity index (χ3n) is 3.95. The number of pyridine rings is 1. The summed E-state index contributed by atoms with van der Waals surface area (Å²) in [6.45, 7) is 3.35. The van der Waals surface area contributed by atoms with Gasteiger partial charge in [0.15, 0.2) is 11.5 Å². The number of rotatable bonds is 4. The van der Waals surface area contributed by atoms with Crippen molar-refractivity contribution in [1.82, 2.24) is 15.3 Å². The number of fused-ring (bicyclic) bond motifs is 1. The first-order valence-electron chi connectivity index (χ1n) is 8.26. The summed E-state index contributed by atoms with van der Waals surface area (Å²) in [5, 5.41) is 3.69. The molecule has 1 aliphatic heterocycles. The number of hydrogen-bond acceptors (Lipinski definition) is 6. The Hall–Kier alpha value is -2.93. The van der Waals surface area contributed by atoms with Crippen molar-refractivity contribution in [1.29, 1.82) is 0 Å². The van der Waals surface area contributed by atoms with Crippen molar-refractivity contribution >= 4 is 17.2 Å². The number of benzene rings is 1. The van der Waals surface area contributed by atoms with Gasteiger partial charge < -0.3 is 14.8 Å². The molecule has 0 saturated heterocycles. The monoisotopic (exact) mass is 367 g/mol. The molecule has 3 aromatic rings. The van der Waals surface area contributed by atoms with Crippen molar-refractivity contribution in [2.45, 2.75) is 13.5 Å². The number of hydrogen-bond donors (Lipinski definition) is 1. The molecule has 0 fully saturated rings. The molecule has 1 aliphatic rings. The number of aryl methyl sites for hydroxylation is 1. The van der Waals surface area contributed by atoms with E-state index in [1.165, 1.54) is 11.3 Å². The molecule has 3 heterocycles. The van der Waals surface area contributed by atoms with E-state index in [4.69, 9.17) is 9.47 Å². The molecule has 7 heteroatoms. The van der Waals surface area contributed by atoms with Crippen LogP contribution in [0.3, 0.4) is 0 Å². The number of carbonyl (C=O) groups is 1. The number of carbonyl (C=O) groups excluding carboxylic acids is 1. The van der Waals surface area contributed by atoms with Gasteiger partial charge in [-0.15, -0.1) is 11.3 Å². The van der Waals surface area contributed by atoms with Crippen LogP contribution in [0.2, 0.25) is 0 Å². The molecule has 0 unspecified atom stereocenters. The van der Waals surface area contributed by atoms with Gasteiger partial charge >= 0.3 is 0 Å². The lowest BCUT2D eigenvalue weighted by atomic mass is 10.2. The largest absolute Gasteiger partial charge is 0.486 e. The Kier molecular flexibility index (Phi) is 4.53. The summed E-state index contributed by atoms with van der Waals surface area (Å²) in [6.07, 6.45) is 1.72. The molecule has 0 radical (unpaired) electrons. The van der Waals surface area contributed by atoms with Crippen LogP contribution in [0.4, 0.5) is 0 Å². The maximum absolute atomic E-state index is 12.6. The van der Waals surface area contributed by atoms with E-state index in [2.05, 4.69) is 15.3 Å². The van der Waals surface area contributed by atoms with Crippen molar-refractivity contribution in [3.05, 3.63) is 58.7 Å². The number of nitrogens with zero attached hydrogens (tertiary/aromatic N) is 2. The molecule has 0 aliphatic carbocycles. The van der Waals surface area contributed by atoms with Crippen LogP contribution >= 0.6 is 11.3 Å². The van der Waals surface area contributed by atoms with Crippen LogP contribution in [-0.2, 0) is 6.54 Å². The second-order valence-electron chi connectivity index (χ2n) is 5.81. The summed E-state index contributed by atoms with van der Waals surface area (Å²) in [5.74, 6) is 1.32. The average Bonchev–Trinajstić information content (AvgIpc) is 3.08. The molecule has 0 saturated carbocycles. The molecule has 0 bridgehead atoms. The standard InChI is InChI=1S/C19H17N3O3S/c1-12-17(26-19(22-12)14-4-2-3-7-20-14)18(23)21-11-13-5-6-15-16(10-13)25-9-8-24-15/h2-7,10H,8-9,11H2,1H3,(H,21,23). The molecular weight excluding hydrogens is 350 g/mol. The van der Waals surface area contributed by atoms with Crippen molar-refractivity contribution in [3.63, 3.8) is 0 Å². The number of nitrogens with one attached hydrogen (secondary N) is 1. The van der Waals surface area contributed by atoms with E-state index in [0.717, 1.165) is 27.8 Å². The Labute approximate surface area is 154 Å². The predicted molar refractivity (Wildman–Crippen MR) is 98.7 cm³/mol. The fourth-order valence-electron chi connectivity index (χ4n) is 2.67. The van der Waals surface area contributed by atoms with E-state index in [9.17, 15) is 4.79 Å². The van der Waals surface area contributed by atoms with Crippen molar-refractivity contribution < 1.29 is 14.3 Å². The fraction of sp³-hybridized carbons (Fsp3) is 0.211. The lowest BCUT2D eigenvalue weighted by Gasteiger charge is -2.18. The van der Waals surface area contributed by atoms with Gasteiger partial charge in [-0.25, -0.2) is 4.98 Å². The zero-order valence-corrected chi connectivity index (χ0v) is 15.0. The van der Waals surface area contributed by atoms with Crippen molar-refractivity contribution in [2.75, 3.05) is 13.2 Å². The molecule has 1 amide bonds. The molecule has 1 aromatic carbocycles. The average molecular weight is 367 g/mol. The number of ether oxygens (including phenoxy) is 2. The van der Waals surface area contributed by atoms with Gasteiger partial charge in [-0.2, -0.15) is 0 Å². The highest BCUT2D eigenvalue weighted by molar-refractivity contribution is 7.17. The SMILES string of the molecule is Cc1nc(-c2ccccn2)sc1C(=O)NCc1ccc2c(c1)OCCO2. The molecule has 0 atom stereocenters. The second kappa shape index (κ2) is 7.13. The summed E-state index contributed by atoms with van der Waals surface area (Å²) < 4.78 is 11.1. The normalized spacial score (nSPS) is 12.7. The van der Waals surface area contributed by atoms with E-state index < -0.39 is 0 Å². The first-order chi connectivity index (χ1) is 12.7. The van der Waals surface area contributed by atoms with Gasteiger partial charge in [0.25, 0.3) is 5.91 Å². The van der Waals surface area contributed by atoms with Crippen LogP contribution in [0.1, 0.15) is 20.9 Å². The van der Waals surface area contributed by atoms with E-state index in [1.807, 2.05) is 43.3 Å². The van der Waals surface area contributed by atoms with Gasteiger partial charge in [-0.1, -0.05) is 12.1 Å². The molecular formula is C19H17N3O3S. The van der Waals surface area contributed by atoms with Crippen molar-refractivity contribution in [3.8, 4) is 22.2 Å². The Balaban J connectivity index is 1.46. The maximum atomic E-state index is 12.6. The van der Waals surface area contributed by atoms with Gasteiger partial charge in [-0.3, -0.25) is 9.78 Å². The predicted octanol–water partition coefficient (Wildman–Crippen LogP) is 3.21. The van der Waals surface area contributed by atoms with E-state index in [-0.39, 0.29) is 5.91 Å². The van der Waals surface area contributed by atoms with Crippen LogP contribution < -0.4 is 14.8 Å². The van der Waals surface area contributed by atoms with Gasteiger partial charge in [0, 0.05) is 12.7 Å². The first-order valence-corrected chi connectivity index (χ1v) is 9.08. The summed E-state index contributed by atoms with van der Waals surface area (Å²) in [6, 6.07) is 11.3. The molecule has 1 N–H and O–H groups in total. The first kappa shape index (κ1) is 16.5. The molecule has 0 spiro atoms. The fourth-order valence-corrected chi connectivity index (χ4v) is 3.63. The third kappa shape index (κ3) is 3.39. The van der Waals surface area contributed by atoms with E-state index >= 15 is 0 Å². The Bertz CT molecular complexity index is 940. The van der Waals surface area contributed by atoms with Gasteiger partial charge in [-0.05, 0) is 36.8 Å². The zero-order valence-electron chi connectivity index (χ0n) is 14.2. The minimum atomic E-state index is -0.142. The van der Waals surface area contributed by atoms with Crippen LogP contribution in [0.25, 0.3) is 10.7 Å². The third-order valence-corrected chi connectivity index (χ3v) is 5.13. The number of aromatic nitrogens is 2. The van der Waals surface area contributed by atoms with Crippen molar-refractivity contribution in [2.24, 2.45) is 0 Å². The summed E-state index contributed by atoms with van der Waals surface area (Å²) in [4.78, 5) is 21.9. The maximum Gasteiger partial charge on any atom is 0.263 e. The lowest BCUT2D eigenvalue weighted by molar-refractivity contribution is 0.0954. The Morgan fingerprint density at radius 1 is 1.19 bits per heavy atom. The molecule has 2 aromatic heterocycles. The summed E-state index contributed by atoms with van der Waals surface area (Å²) >= 11 is 1.35. The van der Waals surface area contributed by atoms with Gasteiger partial charge in [0.2, 0.25) is 0 Å². The second-order valence-corrected chi connectivity index (χ2v) is 6.81. The van der Waals surface area contributed by atoms with Gasteiger partial charge in [0.1, 0.15) is 23.1 Å².